The molecule has 0 bridgehead atoms. The Morgan fingerprint density at radius 1 is 0.941 bits per heavy atom. The van der Waals surface area contributed by atoms with Gasteiger partial charge in [-0.1, -0.05) is 12.1 Å². The smallest absolute Gasteiger partial charge is 0.128 e. The quantitative estimate of drug-likeness (QED) is 0.689. The van der Waals surface area contributed by atoms with Crippen molar-refractivity contribution in [1.82, 2.24) is 4.98 Å². The van der Waals surface area contributed by atoms with Gasteiger partial charge in [0.2, 0.25) is 0 Å². The number of H-pyrrole nitrogens is 1. The Morgan fingerprint density at radius 2 is 1.82 bits per heavy atom. The van der Waals surface area contributed by atoms with Crippen LogP contribution in [0, 0.1) is 6.92 Å². The van der Waals surface area contributed by atoms with Crippen molar-refractivity contribution in [3.8, 4) is 11.5 Å². The second kappa shape index (κ2) is 3.98. The van der Waals surface area contributed by atoms with Gasteiger partial charge < -0.3 is 9.72 Å². The Labute approximate surface area is 99.9 Å². The molecule has 0 saturated heterocycles. The summed E-state index contributed by atoms with van der Waals surface area (Å²) < 4.78 is 5.82. The first kappa shape index (κ1) is 9.97. The highest BCUT2D eigenvalue weighted by Crippen LogP contribution is 2.25. The highest BCUT2D eigenvalue weighted by atomic mass is 16.5. The highest BCUT2D eigenvalue weighted by Gasteiger charge is 2.00. The summed E-state index contributed by atoms with van der Waals surface area (Å²) >= 11 is 0. The van der Waals surface area contributed by atoms with Crippen LogP contribution in [0.15, 0.2) is 54.7 Å². The van der Waals surface area contributed by atoms with E-state index in [0.29, 0.717) is 0 Å². The third-order valence-corrected chi connectivity index (χ3v) is 2.75. The minimum absolute atomic E-state index is 0.864. The van der Waals surface area contributed by atoms with Crippen LogP contribution in [-0.4, -0.2) is 4.98 Å². The predicted octanol–water partition coefficient (Wildman–Crippen LogP) is 4.27. The molecular weight excluding hydrogens is 210 g/mol. The maximum Gasteiger partial charge on any atom is 0.128 e. The summed E-state index contributed by atoms with van der Waals surface area (Å²) in [6, 6.07) is 16.1. The SMILES string of the molecule is Cc1cccc(Oc2ccc3[nH]ccc3c2)c1. The van der Waals surface area contributed by atoms with Crippen LogP contribution >= 0.6 is 0 Å². The van der Waals surface area contributed by atoms with E-state index in [-0.39, 0.29) is 0 Å². The van der Waals surface area contributed by atoms with Gasteiger partial charge in [-0.2, -0.15) is 0 Å². The van der Waals surface area contributed by atoms with Crippen LogP contribution in [0.25, 0.3) is 10.9 Å². The van der Waals surface area contributed by atoms with E-state index in [9.17, 15) is 0 Å². The summed E-state index contributed by atoms with van der Waals surface area (Å²) in [4.78, 5) is 3.16. The zero-order valence-electron chi connectivity index (χ0n) is 9.60. The zero-order chi connectivity index (χ0) is 11.7. The van der Waals surface area contributed by atoms with Gasteiger partial charge in [-0.3, -0.25) is 0 Å². The fourth-order valence-electron chi connectivity index (χ4n) is 1.91. The summed E-state index contributed by atoms with van der Waals surface area (Å²) in [5, 5.41) is 1.16. The topological polar surface area (TPSA) is 25.0 Å². The number of hydrogen-bond donors (Lipinski definition) is 1. The molecule has 0 aliphatic carbocycles. The molecule has 2 aromatic carbocycles. The number of nitrogens with one attached hydrogen (secondary N) is 1. The van der Waals surface area contributed by atoms with Gasteiger partial charge in [0.15, 0.2) is 0 Å². The molecule has 1 heterocycles. The van der Waals surface area contributed by atoms with E-state index in [1.54, 1.807) is 0 Å². The molecule has 0 spiro atoms. The molecule has 0 saturated carbocycles. The van der Waals surface area contributed by atoms with Crippen molar-refractivity contribution in [3.05, 3.63) is 60.3 Å². The van der Waals surface area contributed by atoms with Gasteiger partial charge >= 0.3 is 0 Å². The van der Waals surface area contributed by atoms with Crippen molar-refractivity contribution in [2.24, 2.45) is 0 Å². The second-order valence-corrected chi connectivity index (χ2v) is 4.15. The molecule has 17 heavy (non-hydrogen) atoms. The second-order valence-electron chi connectivity index (χ2n) is 4.15. The van der Waals surface area contributed by atoms with Crippen LogP contribution in [0.1, 0.15) is 5.56 Å². The molecule has 3 aromatic rings. The molecule has 0 radical (unpaired) electrons. The van der Waals surface area contributed by atoms with Crippen molar-refractivity contribution < 1.29 is 4.74 Å². The molecule has 0 fully saturated rings. The third-order valence-electron chi connectivity index (χ3n) is 2.75. The van der Waals surface area contributed by atoms with E-state index in [1.165, 1.54) is 5.56 Å². The summed E-state index contributed by atoms with van der Waals surface area (Å²) in [6.07, 6.45) is 1.93. The monoisotopic (exact) mass is 223 g/mol. The van der Waals surface area contributed by atoms with Crippen LogP contribution in [0.4, 0.5) is 0 Å². The van der Waals surface area contributed by atoms with Crippen molar-refractivity contribution in [2.45, 2.75) is 6.92 Å². The first-order chi connectivity index (χ1) is 8.31. The van der Waals surface area contributed by atoms with Crippen LogP contribution in [-0.2, 0) is 0 Å². The first-order valence-electron chi connectivity index (χ1n) is 5.63. The minimum atomic E-state index is 0.864. The fraction of sp³-hybridized carbons (Fsp3) is 0.0667. The van der Waals surface area contributed by atoms with Crippen molar-refractivity contribution in [2.75, 3.05) is 0 Å². The number of benzene rings is 2. The van der Waals surface area contributed by atoms with Crippen molar-refractivity contribution >= 4 is 10.9 Å². The van der Waals surface area contributed by atoms with Crippen LogP contribution in [0.5, 0.6) is 11.5 Å². The van der Waals surface area contributed by atoms with E-state index >= 15 is 0 Å². The van der Waals surface area contributed by atoms with E-state index in [0.717, 1.165) is 22.4 Å². The molecule has 0 aliphatic rings. The summed E-state index contributed by atoms with van der Waals surface area (Å²) in [5.41, 5.74) is 2.33. The number of aromatic nitrogens is 1. The van der Waals surface area contributed by atoms with Gasteiger partial charge in [-0.05, 0) is 48.9 Å². The summed E-state index contributed by atoms with van der Waals surface area (Å²) in [6.45, 7) is 2.06. The molecule has 0 aliphatic heterocycles. The highest BCUT2D eigenvalue weighted by molar-refractivity contribution is 5.80. The Hall–Kier alpha value is -2.22. The van der Waals surface area contributed by atoms with Crippen LogP contribution in [0.3, 0.4) is 0 Å². The molecule has 0 amide bonds. The minimum Gasteiger partial charge on any atom is -0.457 e. The molecule has 0 unspecified atom stereocenters. The number of hydrogen-bond acceptors (Lipinski definition) is 1. The lowest BCUT2D eigenvalue weighted by Crippen LogP contribution is -1.84. The Bertz CT molecular complexity index is 655. The standard InChI is InChI=1S/C15H13NO/c1-11-3-2-4-13(9-11)17-14-5-6-15-12(10-14)7-8-16-15/h2-10,16H,1H3. The van der Waals surface area contributed by atoms with Gasteiger partial charge in [0, 0.05) is 17.1 Å². The number of rotatable bonds is 2. The van der Waals surface area contributed by atoms with Gasteiger partial charge in [0.05, 0.1) is 0 Å². The Balaban J connectivity index is 1.94. The average Bonchev–Trinajstić information content (AvgIpc) is 2.76. The molecule has 1 aromatic heterocycles. The fourth-order valence-corrected chi connectivity index (χ4v) is 1.91. The summed E-state index contributed by atoms with van der Waals surface area (Å²) in [5.74, 6) is 1.74. The molecule has 3 rings (SSSR count). The van der Waals surface area contributed by atoms with E-state index in [2.05, 4.69) is 18.0 Å². The summed E-state index contributed by atoms with van der Waals surface area (Å²) in [7, 11) is 0. The molecule has 2 heteroatoms. The van der Waals surface area contributed by atoms with E-state index in [1.807, 2.05) is 48.7 Å². The normalized spacial score (nSPS) is 10.6. The lowest BCUT2D eigenvalue weighted by Gasteiger charge is -2.06. The molecule has 1 N–H and O–H groups in total. The number of aryl methyl sites for hydroxylation is 1. The molecule has 0 atom stereocenters. The third kappa shape index (κ3) is 2.02. The zero-order valence-corrected chi connectivity index (χ0v) is 9.60. The van der Waals surface area contributed by atoms with Gasteiger partial charge in [0.1, 0.15) is 11.5 Å². The maximum absolute atomic E-state index is 5.82. The van der Waals surface area contributed by atoms with Gasteiger partial charge in [-0.15, -0.1) is 0 Å². The first-order valence-corrected chi connectivity index (χ1v) is 5.63. The van der Waals surface area contributed by atoms with Gasteiger partial charge in [-0.25, -0.2) is 0 Å². The molecular formula is C15H13NO. The van der Waals surface area contributed by atoms with Crippen LogP contribution < -0.4 is 4.74 Å². The van der Waals surface area contributed by atoms with Crippen molar-refractivity contribution in [1.29, 1.82) is 0 Å². The average molecular weight is 223 g/mol. The van der Waals surface area contributed by atoms with Crippen LogP contribution in [0.2, 0.25) is 0 Å². The maximum atomic E-state index is 5.82. The van der Waals surface area contributed by atoms with Gasteiger partial charge in [0.25, 0.3) is 0 Å². The lowest BCUT2D eigenvalue weighted by molar-refractivity contribution is 0.483. The lowest BCUT2D eigenvalue weighted by atomic mass is 10.2. The predicted molar refractivity (Wildman–Crippen MR) is 69.6 cm³/mol. The van der Waals surface area contributed by atoms with Crippen molar-refractivity contribution in [3.63, 3.8) is 0 Å². The van der Waals surface area contributed by atoms with E-state index < -0.39 is 0 Å². The largest absolute Gasteiger partial charge is 0.457 e. The molecule has 2 nitrogen and oxygen atoms in total. The molecule has 84 valence electrons. The number of fused-ring (bicyclic) bond motifs is 1. The Morgan fingerprint density at radius 3 is 2.71 bits per heavy atom. The number of ether oxygens (including phenoxy) is 1. The van der Waals surface area contributed by atoms with E-state index in [4.69, 9.17) is 4.74 Å². The Kier molecular flexibility index (Phi) is 2.33. The number of aromatic amines is 1.